The summed E-state index contributed by atoms with van der Waals surface area (Å²) in [5, 5.41) is 3.21. The molecule has 1 saturated heterocycles. The van der Waals surface area contributed by atoms with Gasteiger partial charge in [-0.25, -0.2) is 4.98 Å². The monoisotopic (exact) mass is 253 g/mol. The van der Waals surface area contributed by atoms with Crippen molar-refractivity contribution in [3.05, 3.63) is 16.1 Å². The molecule has 2 N–H and O–H groups in total. The van der Waals surface area contributed by atoms with Gasteiger partial charge in [0, 0.05) is 18.0 Å². The Balaban J connectivity index is 1.95. The summed E-state index contributed by atoms with van der Waals surface area (Å²) in [6.45, 7) is 8.86. The molecule has 3 unspecified atom stereocenters. The topological polar surface area (TPSA) is 42.1 Å². The number of thiazole rings is 1. The summed E-state index contributed by atoms with van der Waals surface area (Å²) in [6.07, 6.45) is 2.62. The van der Waals surface area contributed by atoms with Crippen molar-refractivity contribution < 1.29 is 0 Å². The van der Waals surface area contributed by atoms with Gasteiger partial charge in [-0.3, -0.25) is 4.90 Å². The Bertz CT molecular complexity index is 361. The molecule has 4 heteroatoms. The number of rotatable bonds is 3. The van der Waals surface area contributed by atoms with E-state index in [9.17, 15) is 0 Å². The predicted molar refractivity (Wildman–Crippen MR) is 73.0 cm³/mol. The SMILES string of the molecule is CC1CCN(Cc2csc(C(C)N)n2)C(C)C1. The molecule has 1 fully saturated rings. The Hall–Kier alpha value is -0.450. The molecular formula is C13H23N3S. The lowest BCUT2D eigenvalue weighted by molar-refractivity contribution is 0.121. The highest BCUT2D eigenvalue weighted by atomic mass is 32.1. The van der Waals surface area contributed by atoms with Gasteiger partial charge in [0.05, 0.1) is 11.7 Å². The van der Waals surface area contributed by atoms with Crippen LogP contribution in [-0.4, -0.2) is 22.5 Å². The summed E-state index contributed by atoms with van der Waals surface area (Å²) in [5.74, 6) is 0.872. The van der Waals surface area contributed by atoms with Crippen molar-refractivity contribution >= 4 is 11.3 Å². The molecule has 96 valence electrons. The van der Waals surface area contributed by atoms with Gasteiger partial charge in [0.1, 0.15) is 5.01 Å². The largest absolute Gasteiger partial charge is 0.322 e. The van der Waals surface area contributed by atoms with Crippen LogP contribution in [-0.2, 0) is 6.54 Å². The molecule has 2 heterocycles. The number of hydrogen-bond donors (Lipinski definition) is 1. The van der Waals surface area contributed by atoms with Gasteiger partial charge in [0.25, 0.3) is 0 Å². The molecule has 0 bridgehead atoms. The van der Waals surface area contributed by atoms with Crippen LogP contribution in [0.1, 0.15) is 50.4 Å². The number of nitrogens with zero attached hydrogens (tertiary/aromatic N) is 2. The van der Waals surface area contributed by atoms with Gasteiger partial charge in [-0.15, -0.1) is 11.3 Å². The van der Waals surface area contributed by atoms with Gasteiger partial charge >= 0.3 is 0 Å². The smallest absolute Gasteiger partial charge is 0.109 e. The first kappa shape index (κ1) is 13.0. The Labute approximate surface area is 108 Å². The average Bonchev–Trinajstić information content (AvgIpc) is 2.71. The zero-order chi connectivity index (χ0) is 12.4. The van der Waals surface area contributed by atoms with Crippen molar-refractivity contribution in [3.63, 3.8) is 0 Å². The number of aromatic nitrogens is 1. The van der Waals surface area contributed by atoms with Gasteiger partial charge < -0.3 is 5.73 Å². The molecule has 0 aliphatic carbocycles. The summed E-state index contributed by atoms with van der Waals surface area (Å²) in [5.41, 5.74) is 7.02. The third-order valence-corrected chi connectivity index (χ3v) is 4.69. The molecule has 0 amide bonds. The van der Waals surface area contributed by atoms with E-state index < -0.39 is 0 Å². The van der Waals surface area contributed by atoms with E-state index in [4.69, 9.17) is 5.73 Å². The lowest BCUT2D eigenvalue weighted by Crippen LogP contribution is -2.39. The molecule has 0 aromatic carbocycles. The highest BCUT2D eigenvalue weighted by molar-refractivity contribution is 7.09. The first-order valence-electron chi connectivity index (χ1n) is 6.50. The van der Waals surface area contributed by atoms with Crippen LogP contribution in [0.4, 0.5) is 0 Å². The van der Waals surface area contributed by atoms with Crippen molar-refractivity contribution in [2.45, 2.75) is 52.2 Å². The minimum atomic E-state index is 0.0625. The second kappa shape index (κ2) is 5.46. The molecule has 3 atom stereocenters. The second-order valence-electron chi connectivity index (χ2n) is 5.41. The van der Waals surface area contributed by atoms with Gasteiger partial charge in [0.2, 0.25) is 0 Å². The molecule has 2 rings (SSSR count). The Morgan fingerprint density at radius 2 is 2.35 bits per heavy atom. The molecular weight excluding hydrogens is 230 g/mol. The van der Waals surface area contributed by atoms with E-state index in [1.807, 2.05) is 6.92 Å². The van der Waals surface area contributed by atoms with Gasteiger partial charge in [-0.2, -0.15) is 0 Å². The second-order valence-corrected chi connectivity index (χ2v) is 6.30. The molecule has 1 aromatic rings. The maximum Gasteiger partial charge on any atom is 0.109 e. The fourth-order valence-electron chi connectivity index (χ4n) is 2.50. The molecule has 0 spiro atoms. The van der Waals surface area contributed by atoms with E-state index in [1.165, 1.54) is 25.1 Å². The lowest BCUT2D eigenvalue weighted by atomic mass is 9.93. The molecule has 17 heavy (non-hydrogen) atoms. The Morgan fingerprint density at radius 3 is 2.94 bits per heavy atom. The molecule has 3 nitrogen and oxygen atoms in total. The third kappa shape index (κ3) is 3.27. The number of hydrogen-bond acceptors (Lipinski definition) is 4. The van der Waals surface area contributed by atoms with Crippen LogP contribution in [0.15, 0.2) is 5.38 Å². The third-order valence-electron chi connectivity index (χ3n) is 3.60. The quantitative estimate of drug-likeness (QED) is 0.900. The highest BCUT2D eigenvalue weighted by Crippen LogP contribution is 2.24. The molecule has 1 aliphatic heterocycles. The first-order chi connectivity index (χ1) is 8.06. The summed E-state index contributed by atoms with van der Waals surface area (Å²) in [4.78, 5) is 7.15. The number of likely N-dealkylation sites (tertiary alicyclic amines) is 1. The minimum Gasteiger partial charge on any atom is -0.322 e. The molecule has 1 aromatic heterocycles. The zero-order valence-corrected chi connectivity index (χ0v) is 11.8. The van der Waals surface area contributed by atoms with Crippen LogP contribution in [0.25, 0.3) is 0 Å². The van der Waals surface area contributed by atoms with Gasteiger partial charge in [0.15, 0.2) is 0 Å². The lowest BCUT2D eigenvalue weighted by Gasteiger charge is -2.36. The molecule has 1 aliphatic rings. The number of nitrogens with two attached hydrogens (primary N) is 1. The van der Waals surface area contributed by atoms with Gasteiger partial charge in [-0.05, 0) is 39.2 Å². The van der Waals surface area contributed by atoms with Gasteiger partial charge in [-0.1, -0.05) is 6.92 Å². The zero-order valence-electron chi connectivity index (χ0n) is 11.0. The van der Waals surface area contributed by atoms with Crippen LogP contribution in [0, 0.1) is 5.92 Å². The summed E-state index contributed by atoms with van der Waals surface area (Å²) < 4.78 is 0. The highest BCUT2D eigenvalue weighted by Gasteiger charge is 2.23. The van der Waals surface area contributed by atoms with Crippen molar-refractivity contribution in [2.24, 2.45) is 11.7 Å². The first-order valence-corrected chi connectivity index (χ1v) is 7.38. The fourth-order valence-corrected chi connectivity index (χ4v) is 3.27. The van der Waals surface area contributed by atoms with Crippen molar-refractivity contribution in [2.75, 3.05) is 6.54 Å². The van der Waals surface area contributed by atoms with Crippen LogP contribution < -0.4 is 5.73 Å². The minimum absolute atomic E-state index is 0.0625. The fraction of sp³-hybridized carbons (Fsp3) is 0.769. The van der Waals surface area contributed by atoms with E-state index in [2.05, 4.69) is 29.1 Å². The summed E-state index contributed by atoms with van der Waals surface area (Å²) >= 11 is 1.69. The van der Waals surface area contributed by atoms with E-state index in [-0.39, 0.29) is 6.04 Å². The average molecular weight is 253 g/mol. The van der Waals surface area contributed by atoms with Crippen LogP contribution in [0.3, 0.4) is 0 Å². The van der Waals surface area contributed by atoms with E-state index in [1.54, 1.807) is 11.3 Å². The van der Waals surface area contributed by atoms with Crippen LogP contribution >= 0.6 is 11.3 Å². The molecule has 0 saturated carbocycles. The van der Waals surface area contributed by atoms with Crippen molar-refractivity contribution in [1.82, 2.24) is 9.88 Å². The maximum atomic E-state index is 5.84. The number of piperidine rings is 1. The predicted octanol–water partition coefficient (Wildman–Crippen LogP) is 2.78. The standard InChI is InChI=1S/C13H23N3S/c1-9-4-5-16(10(2)6-9)7-12-8-17-13(15-12)11(3)14/h8-11H,4-7,14H2,1-3H3. The summed E-state index contributed by atoms with van der Waals surface area (Å²) in [6, 6.07) is 0.742. The van der Waals surface area contributed by atoms with E-state index in [0.717, 1.165) is 17.5 Å². The normalized spacial score (nSPS) is 28.2. The Kier molecular flexibility index (Phi) is 4.17. The Morgan fingerprint density at radius 1 is 1.59 bits per heavy atom. The molecule has 0 radical (unpaired) electrons. The summed E-state index contributed by atoms with van der Waals surface area (Å²) in [7, 11) is 0. The van der Waals surface area contributed by atoms with Crippen LogP contribution in [0.5, 0.6) is 0 Å². The van der Waals surface area contributed by atoms with Crippen molar-refractivity contribution in [1.29, 1.82) is 0 Å². The van der Waals surface area contributed by atoms with E-state index >= 15 is 0 Å². The maximum absolute atomic E-state index is 5.84. The van der Waals surface area contributed by atoms with Crippen LogP contribution in [0.2, 0.25) is 0 Å². The van der Waals surface area contributed by atoms with E-state index in [0.29, 0.717) is 6.04 Å². The van der Waals surface area contributed by atoms with Crippen molar-refractivity contribution in [3.8, 4) is 0 Å².